The third-order valence-electron chi connectivity index (χ3n) is 5.78. The van der Waals surface area contributed by atoms with E-state index < -0.39 is 4.92 Å². The number of nitro groups is 1. The summed E-state index contributed by atoms with van der Waals surface area (Å²) in [6, 6.07) is 23.4. The van der Waals surface area contributed by atoms with Crippen LogP contribution in [-0.4, -0.2) is 16.0 Å². The van der Waals surface area contributed by atoms with Gasteiger partial charge in [-0.25, -0.2) is 4.99 Å². The van der Waals surface area contributed by atoms with Crippen LogP contribution in [0.2, 0.25) is 5.02 Å². The van der Waals surface area contributed by atoms with Crippen LogP contribution in [0.25, 0.3) is 16.8 Å². The number of rotatable bonds is 6. The van der Waals surface area contributed by atoms with Gasteiger partial charge < -0.3 is 10.1 Å². The summed E-state index contributed by atoms with van der Waals surface area (Å²) in [6.07, 6.45) is 1.80. The summed E-state index contributed by atoms with van der Waals surface area (Å²) in [6.45, 7) is 2.13. The Kier molecular flexibility index (Phi) is 6.94. The highest BCUT2D eigenvalue weighted by molar-refractivity contribution is 8.18. The number of aryl methyl sites for hydroxylation is 1. The number of ether oxygens (including phenoxy) is 1. The maximum Gasteiger partial charge on any atom is 0.269 e. The van der Waals surface area contributed by atoms with Gasteiger partial charge in [-0.3, -0.25) is 14.9 Å². The SMILES string of the molecule is Cc1ccc(N=C2NC(=O)/C(=C/c3c(OCc4ccc([N+](=O)[O-])cc4)ccc4ccccc34)S2)cc1Cl. The molecule has 4 aromatic carbocycles. The summed E-state index contributed by atoms with van der Waals surface area (Å²) in [7, 11) is 0. The molecule has 1 heterocycles. The molecule has 1 aliphatic heterocycles. The van der Waals surface area contributed by atoms with E-state index in [1.54, 1.807) is 24.3 Å². The molecule has 0 bridgehead atoms. The fourth-order valence-electron chi connectivity index (χ4n) is 3.81. The molecule has 0 saturated carbocycles. The van der Waals surface area contributed by atoms with Crippen molar-refractivity contribution in [1.82, 2.24) is 5.32 Å². The molecular formula is C28H20ClN3O4S. The molecule has 184 valence electrons. The van der Waals surface area contributed by atoms with Gasteiger partial charge in [-0.15, -0.1) is 0 Å². The molecule has 5 rings (SSSR count). The number of nitrogens with zero attached hydrogens (tertiary/aromatic N) is 2. The van der Waals surface area contributed by atoms with Gasteiger partial charge in [0, 0.05) is 22.7 Å². The number of nitrogens with one attached hydrogen (secondary N) is 1. The van der Waals surface area contributed by atoms with E-state index in [-0.39, 0.29) is 18.2 Å². The van der Waals surface area contributed by atoms with Crippen molar-refractivity contribution >= 4 is 62.7 Å². The first-order valence-corrected chi connectivity index (χ1v) is 12.5. The quantitative estimate of drug-likeness (QED) is 0.162. The van der Waals surface area contributed by atoms with E-state index in [4.69, 9.17) is 16.3 Å². The molecule has 1 aliphatic rings. The van der Waals surface area contributed by atoms with Gasteiger partial charge in [-0.1, -0.05) is 48.0 Å². The largest absolute Gasteiger partial charge is 0.488 e. The molecule has 4 aromatic rings. The smallest absolute Gasteiger partial charge is 0.269 e. The third-order valence-corrected chi connectivity index (χ3v) is 7.10. The van der Waals surface area contributed by atoms with E-state index in [0.717, 1.165) is 27.5 Å². The lowest BCUT2D eigenvalue weighted by Crippen LogP contribution is -2.19. The number of non-ortho nitro benzene ring substituents is 1. The van der Waals surface area contributed by atoms with E-state index in [9.17, 15) is 14.9 Å². The number of nitro benzene ring substituents is 1. The number of fused-ring (bicyclic) bond motifs is 1. The second kappa shape index (κ2) is 10.5. The molecule has 1 amide bonds. The summed E-state index contributed by atoms with van der Waals surface area (Å²) in [4.78, 5) is 28.3. The van der Waals surface area contributed by atoms with Gasteiger partial charge in [0.05, 0.1) is 15.5 Å². The zero-order valence-corrected chi connectivity index (χ0v) is 21.2. The first-order valence-electron chi connectivity index (χ1n) is 11.3. The molecule has 0 atom stereocenters. The Balaban J connectivity index is 1.45. The van der Waals surface area contributed by atoms with Crippen molar-refractivity contribution in [3.8, 4) is 5.75 Å². The first kappa shape index (κ1) is 24.5. The minimum atomic E-state index is -0.437. The van der Waals surface area contributed by atoms with Crippen LogP contribution in [0.1, 0.15) is 16.7 Å². The second-order valence-corrected chi connectivity index (χ2v) is 9.76. The zero-order chi connectivity index (χ0) is 25.9. The van der Waals surface area contributed by atoms with Crippen LogP contribution >= 0.6 is 23.4 Å². The summed E-state index contributed by atoms with van der Waals surface area (Å²) in [5, 5.41) is 16.7. The number of carbonyl (C=O) groups is 1. The highest BCUT2D eigenvalue weighted by atomic mass is 35.5. The maximum absolute atomic E-state index is 12.8. The Labute approximate surface area is 222 Å². The Hall–Kier alpha value is -4.14. The monoisotopic (exact) mass is 529 g/mol. The molecule has 7 nitrogen and oxygen atoms in total. The molecule has 1 saturated heterocycles. The third kappa shape index (κ3) is 5.50. The molecule has 37 heavy (non-hydrogen) atoms. The van der Waals surface area contributed by atoms with E-state index in [1.165, 1.54) is 23.9 Å². The van der Waals surface area contributed by atoms with Gasteiger partial charge in [-0.2, -0.15) is 0 Å². The molecule has 1 N–H and O–H groups in total. The number of amides is 1. The summed E-state index contributed by atoms with van der Waals surface area (Å²) >= 11 is 7.46. The van der Waals surface area contributed by atoms with E-state index >= 15 is 0 Å². The number of amidine groups is 1. The zero-order valence-electron chi connectivity index (χ0n) is 19.6. The van der Waals surface area contributed by atoms with Gasteiger partial charge in [0.1, 0.15) is 12.4 Å². The molecule has 0 aliphatic carbocycles. The topological polar surface area (TPSA) is 93.8 Å². The van der Waals surface area contributed by atoms with Crippen molar-refractivity contribution in [1.29, 1.82) is 0 Å². The van der Waals surface area contributed by atoms with Gasteiger partial charge >= 0.3 is 0 Å². The van der Waals surface area contributed by atoms with Crippen LogP contribution in [0.3, 0.4) is 0 Å². The molecule has 1 fully saturated rings. The summed E-state index contributed by atoms with van der Waals surface area (Å²) in [5.74, 6) is 0.338. The number of halogens is 1. The predicted molar refractivity (Wildman–Crippen MR) is 148 cm³/mol. The summed E-state index contributed by atoms with van der Waals surface area (Å²) < 4.78 is 6.12. The van der Waals surface area contributed by atoms with Gasteiger partial charge in [0.25, 0.3) is 11.6 Å². The number of benzene rings is 4. The van der Waals surface area contributed by atoms with Crippen LogP contribution in [0.15, 0.2) is 88.8 Å². The normalized spacial score (nSPS) is 15.4. The molecule has 0 radical (unpaired) electrons. The fraction of sp³-hybridized carbons (Fsp3) is 0.0714. The second-order valence-electron chi connectivity index (χ2n) is 8.33. The van der Waals surface area contributed by atoms with Crippen LogP contribution in [0, 0.1) is 17.0 Å². The van der Waals surface area contributed by atoms with Crippen molar-refractivity contribution in [3.05, 3.63) is 116 Å². The number of hydrogen-bond donors (Lipinski definition) is 1. The van der Waals surface area contributed by atoms with Crippen LogP contribution in [0.4, 0.5) is 11.4 Å². The Bertz CT molecular complexity index is 1600. The van der Waals surface area contributed by atoms with Crippen LogP contribution < -0.4 is 10.1 Å². The van der Waals surface area contributed by atoms with Crippen molar-refractivity contribution in [2.24, 2.45) is 4.99 Å². The van der Waals surface area contributed by atoms with Crippen molar-refractivity contribution in [3.63, 3.8) is 0 Å². The van der Waals surface area contributed by atoms with Crippen molar-refractivity contribution in [2.75, 3.05) is 0 Å². The number of aliphatic imine (C=N–C) groups is 1. The Morgan fingerprint density at radius 3 is 2.62 bits per heavy atom. The number of carbonyl (C=O) groups excluding carboxylic acids is 1. The summed E-state index contributed by atoms with van der Waals surface area (Å²) in [5.41, 5.74) is 3.17. The van der Waals surface area contributed by atoms with Crippen molar-refractivity contribution in [2.45, 2.75) is 13.5 Å². The Morgan fingerprint density at radius 1 is 1.08 bits per heavy atom. The number of hydrogen-bond acceptors (Lipinski definition) is 6. The van der Waals surface area contributed by atoms with E-state index in [0.29, 0.717) is 26.5 Å². The van der Waals surface area contributed by atoms with Gasteiger partial charge in [0.2, 0.25) is 0 Å². The fourth-order valence-corrected chi connectivity index (χ4v) is 4.80. The lowest BCUT2D eigenvalue weighted by Gasteiger charge is -2.12. The van der Waals surface area contributed by atoms with Crippen LogP contribution in [0.5, 0.6) is 5.75 Å². The molecule has 0 spiro atoms. The van der Waals surface area contributed by atoms with Crippen molar-refractivity contribution < 1.29 is 14.5 Å². The minimum absolute atomic E-state index is 0.0227. The highest BCUT2D eigenvalue weighted by Gasteiger charge is 2.25. The Morgan fingerprint density at radius 2 is 1.86 bits per heavy atom. The van der Waals surface area contributed by atoms with E-state index in [2.05, 4.69) is 10.3 Å². The number of thioether (sulfide) groups is 1. The molecule has 0 aromatic heterocycles. The lowest BCUT2D eigenvalue weighted by atomic mass is 10.0. The highest BCUT2D eigenvalue weighted by Crippen LogP contribution is 2.35. The maximum atomic E-state index is 12.8. The van der Waals surface area contributed by atoms with E-state index in [1.807, 2.05) is 55.5 Å². The molecule has 0 unspecified atom stereocenters. The van der Waals surface area contributed by atoms with Gasteiger partial charge in [0.15, 0.2) is 5.17 Å². The first-order chi connectivity index (χ1) is 17.9. The average molecular weight is 530 g/mol. The lowest BCUT2D eigenvalue weighted by molar-refractivity contribution is -0.384. The molecule has 9 heteroatoms. The van der Waals surface area contributed by atoms with Crippen LogP contribution in [-0.2, 0) is 11.4 Å². The minimum Gasteiger partial charge on any atom is -0.488 e. The average Bonchev–Trinajstić information content (AvgIpc) is 3.24. The van der Waals surface area contributed by atoms with Gasteiger partial charge in [-0.05, 0) is 77.0 Å². The predicted octanol–water partition coefficient (Wildman–Crippen LogP) is 7.18. The molecular weight excluding hydrogens is 510 g/mol. The standard InChI is InChI=1S/C28H20ClN3O4S/c1-17-6-10-20(14-24(17)29)30-28-31-27(33)26(37-28)15-23-22-5-3-2-4-19(22)9-13-25(23)36-16-18-7-11-21(12-8-18)32(34)35/h2-15H,16H2,1H3,(H,30,31,33)/b26-15-.